The van der Waals surface area contributed by atoms with Gasteiger partial charge >= 0.3 is 0 Å². The zero-order chi connectivity index (χ0) is 18.4. The summed E-state index contributed by atoms with van der Waals surface area (Å²) in [5, 5.41) is -2.70. The SMILES string of the molecule is CP(C)(=O)C1(F)C(c2ccccc2)=CC=C(N2CC[C@@H](N)C2=O)C1F.Cl. The summed E-state index contributed by atoms with van der Waals surface area (Å²) in [5.41, 5.74) is 6.08. The number of nitrogens with zero attached hydrogens (tertiary/aromatic N) is 1. The molecule has 0 saturated carbocycles. The Hall–Kier alpha value is -1.49. The number of hydrogen-bond acceptors (Lipinski definition) is 3. The monoisotopic (exact) mass is 402 g/mol. The van der Waals surface area contributed by atoms with Gasteiger partial charge in [-0.2, -0.15) is 0 Å². The first-order chi connectivity index (χ1) is 11.7. The Labute approximate surface area is 157 Å². The Morgan fingerprint density at radius 1 is 1.23 bits per heavy atom. The molecule has 1 amide bonds. The number of carbonyl (C=O) groups is 1. The minimum Gasteiger partial charge on any atom is -0.320 e. The van der Waals surface area contributed by atoms with Crippen molar-refractivity contribution in [1.82, 2.24) is 4.90 Å². The summed E-state index contributed by atoms with van der Waals surface area (Å²) in [7, 11) is -3.56. The van der Waals surface area contributed by atoms with Crippen LogP contribution in [0.1, 0.15) is 12.0 Å². The van der Waals surface area contributed by atoms with Crippen molar-refractivity contribution in [3.8, 4) is 0 Å². The molecule has 0 radical (unpaired) electrons. The van der Waals surface area contributed by atoms with Crippen molar-refractivity contribution in [3.05, 3.63) is 53.7 Å². The molecule has 4 nitrogen and oxygen atoms in total. The van der Waals surface area contributed by atoms with Crippen LogP contribution in [-0.2, 0) is 9.36 Å². The summed E-state index contributed by atoms with van der Waals surface area (Å²) < 4.78 is 44.2. The second-order valence-electron chi connectivity index (χ2n) is 6.81. The molecule has 2 aliphatic rings. The minimum absolute atomic E-state index is 0. The summed E-state index contributed by atoms with van der Waals surface area (Å²) in [6.45, 7) is 2.70. The smallest absolute Gasteiger partial charge is 0.243 e. The maximum atomic E-state index is 16.0. The van der Waals surface area contributed by atoms with Gasteiger partial charge in [0.05, 0.1) is 11.7 Å². The molecule has 1 aliphatic carbocycles. The molecule has 0 aromatic heterocycles. The summed E-state index contributed by atoms with van der Waals surface area (Å²) in [4.78, 5) is 13.3. The lowest BCUT2D eigenvalue weighted by Gasteiger charge is -2.40. The fourth-order valence-electron chi connectivity index (χ4n) is 3.37. The zero-order valence-electron chi connectivity index (χ0n) is 14.6. The van der Waals surface area contributed by atoms with Gasteiger partial charge in [0.15, 0.2) is 6.17 Å². The van der Waals surface area contributed by atoms with Crippen LogP contribution >= 0.6 is 19.5 Å². The van der Waals surface area contributed by atoms with E-state index in [2.05, 4.69) is 0 Å². The van der Waals surface area contributed by atoms with Crippen LogP contribution in [-0.4, -0.2) is 48.3 Å². The van der Waals surface area contributed by atoms with E-state index in [0.29, 0.717) is 12.0 Å². The molecule has 1 fully saturated rings. The lowest BCUT2D eigenvalue weighted by Crippen LogP contribution is -2.45. The molecular formula is C18H22ClF2N2O2P. The molecule has 0 bridgehead atoms. The first-order valence-electron chi connectivity index (χ1n) is 8.10. The highest BCUT2D eigenvalue weighted by Crippen LogP contribution is 2.63. The van der Waals surface area contributed by atoms with Gasteiger partial charge < -0.3 is 15.2 Å². The number of nitrogens with two attached hydrogens (primary N) is 1. The molecule has 26 heavy (non-hydrogen) atoms. The van der Waals surface area contributed by atoms with Gasteiger partial charge in [-0.15, -0.1) is 12.4 Å². The number of rotatable bonds is 3. The van der Waals surface area contributed by atoms with Crippen molar-refractivity contribution >= 4 is 31.0 Å². The standard InChI is InChI=1S/C18H21F2N2O2P.ClH/c1-25(2,24)18(20)13(12-6-4-3-5-7-12)8-9-15(16(18)19)22-11-10-14(21)17(22)23;/h3-9,14,16H,10-11,21H2,1-2H3;1H/t14-,16?,18?;/m1./s1. The Bertz CT molecular complexity index is 809. The summed E-state index contributed by atoms with van der Waals surface area (Å²) in [6.07, 6.45) is 1.00. The lowest BCUT2D eigenvalue weighted by molar-refractivity contribution is -0.127. The normalized spacial score (nSPS) is 29.1. The quantitative estimate of drug-likeness (QED) is 0.786. The predicted molar refractivity (Wildman–Crippen MR) is 102 cm³/mol. The Kier molecular flexibility index (Phi) is 5.81. The van der Waals surface area contributed by atoms with Crippen molar-refractivity contribution in [2.24, 2.45) is 5.73 Å². The van der Waals surface area contributed by atoms with Gasteiger partial charge in [-0.05, 0) is 31.4 Å². The van der Waals surface area contributed by atoms with Gasteiger partial charge in [-0.1, -0.05) is 36.4 Å². The van der Waals surface area contributed by atoms with Gasteiger partial charge in [0, 0.05) is 12.1 Å². The first kappa shape index (κ1) is 20.8. The number of halogens is 3. The van der Waals surface area contributed by atoms with E-state index < -0.39 is 30.7 Å². The average Bonchev–Trinajstić information content (AvgIpc) is 2.89. The van der Waals surface area contributed by atoms with E-state index in [1.165, 1.54) is 30.4 Å². The summed E-state index contributed by atoms with van der Waals surface area (Å²) in [5.74, 6) is -0.435. The molecule has 142 valence electrons. The van der Waals surface area contributed by atoms with Crippen LogP contribution in [0, 0.1) is 0 Å². The number of carbonyl (C=O) groups excluding carboxylic acids is 1. The molecule has 8 heteroatoms. The molecule has 3 rings (SSSR count). The lowest BCUT2D eigenvalue weighted by atomic mass is 9.91. The number of benzene rings is 1. The summed E-state index contributed by atoms with van der Waals surface area (Å²) in [6, 6.07) is 7.78. The fraction of sp³-hybridized carbons (Fsp3) is 0.389. The molecular weight excluding hydrogens is 381 g/mol. The molecule has 1 heterocycles. The second kappa shape index (κ2) is 7.26. The van der Waals surface area contributed by atoms with E-state index in [-0.39, 0.29) is 30.2 Å². The average molecular weight is 403 g/mol. The molecule has 1 aromatic rings. The van der Waals surface area contributed by atoms with Crippen LogP contribution < -0.4 is 5.73 Å². The first-order valence-corrected chi connectivity index (χ1v) is 10.7. The number of amides is 1. The number of alkyl halides is 2. The highest BCUT2D eigenvalue weighted by molar-refractivity contribution is 7.64. The van der Waals surface area contributed by atoms with Gasteiger partial charge in [0.2, 0.25) is 11.3 Å². The highest BCUT2D eigenvalue weighted by atomic mass is 35.5. The number of likely N-dealkylation sites (tertiary alicyclic amines) is 1. The Balaban J connectivity index is 0.00000243. The maximum Gasteiger partial charge on any atom is 0.243 e. The topological polar surface area (TPSA) is 63.4 Å². The fourth-order valence-corrected chi connectivity index (χ4v) is 4.83. The van der Waals surface area contributed by atoms with E-state index in [9.17, 15) is 9.36 Å². The third-order valence-corrected chi connectivity index (χ3v) is 6.86. The van der Waals surface area contributed by atoms with Gasteiger partial charge in [0.25, 0.3) is 0 Å². The molecule has 0 spiro atoms. The summed E-state index contributed by atoms with van der Waals surface area (Å²) >= 11 is 0. The largest absolute Gasteiger partial charge is 0.320 e. The van der Waals surface area contributed by atoms with Crippen molar-refractivity contribution in [2.45, 2.75) is 24.0 Å². The Morgan fingerprint density at radius 2 is 1.85 bits per heavy atom. The van der Waals surface area contributed by atoms with E-state index in [4.69, 9.17) is 5.73 Å². The van der Waals surface area contributed by atoms with Crippen LogP contribution in [0.3, 0.4) is 0 Å². The van der Waals surface area contributed by atoms with E-state index in [1.807, 2.05) is 0 Å². The van der Waals surface area contributed by atoms with Crippen molar-refractivity contribution in [1.29, 1.82) is 0 Å². The van der Waals surface area contributed by atoms with E-state index in [1.54, 1.807) is 30.3 Å². The number of allylic oxidation sites excluding steroid dienone is 4. The molecule has 2 unspecified atom stereocenters. The molecule has 1 aliphatic heterocycles. The van der Waals surface area contributed by atoms with Crippen LogP contribution in [0.2, 0.25) is 0 Å². The third kappa shape index (κ3) is 3.15. The number of hydrogen-bond donors (Lipinski definition) is 1. The predicted octanol–water partition coefficient (Wildman–Crippen LogP) is 3.58. The highest BCUT2D eigenvalue weighted by Gasteiger charge is 2.57. The zero-order valence-corrected chi connectivity index (χ0v) is 16.3. The van der Waals surface area contributed by atoms with Crippen LogP contribution in [0.4, 0.5) is 8.78 Å². The van der Waals surface area contributed by atoms with Crippen molar-refractivity contribution in [3.63, 3.8) is 0 Å². The molecule has 1 saturated heterocycles. The van der Waals surface area contributed by atoms with Crippen LogP contribution in [0.15, 0.2) is 48.2 Å². The van der Waals surface area contributed by atoms with E-state index >= 15 is 8.78 Å². The van der Waals surface area contributed by atoms with E-state index in [0.717, 1.165) is 0 Å². The van der Waals surface area contributed by atoms with Gasteiger partial charge in [0.1, 0.15) is 7.14 Å². The Morgan fingerprint density at radius 3 is 2.35 bits per heavy atom. The molecule has 2 N–H and O–H groups in total. The molecule has 3 atom stereocenters. The second-order valence-corrected chi connectivity index (χ2v) is 10.2. The van der Waals surface area contributed by atoms with Gasteiger partial charge in [-0.25, -0.2) is 8.78 Å². The molecule has 1 aromatic carbocycles. The maximum absolute atomic E-state index is 16.0. The van der Waals surface area contributed by atoms with Crippen LogP contribution in [0.5, 0.6) is 0 Å². The third-order valence-electron chi connectivity index (χ3n) is 4.82. The minimum atomic E-state index is -3.56. The van der Waals surface area contributed by atoms with Crippen LogP contribution in [0.25, 0.3) is 5.57 Å². The van der Waals surface area contributed by atoms with Crippen molar-refractivity contribution < 1.29 is 18.1 Å². The van der Waals surface area contributed by atoms with Gasteiger partial charge in [-0.3, -0.25) is 4.79 Å². The van der Waals surface area contributed by atoms with Crippen molar-refractivity contribution in [2.75, 3.05) is 19.9 Å².